The molecule has 1 aliphatic heterocycles. The monoisotopic (exact) mass is 467 g/mol. The molecule has 26 heavy (non-hydrogen) atoms. The van der Waals surface area contributed by atoms with Crippen molar-refractivity contribution in [2.75, 3.05) is 36.5 Å². The Bertz CT molecular complexity index is 850. The molecule has 0 saturated carbocycles. The van der Waals surface area contributed by atoms with Gasteiger partial charge in [-0.3, -0.25) is 14.9 Å². The lowest BCUT2D eigenvalue weighted by atomic mass is 10.1. The minimum atomic E-state index is -0.490. The molecule has 1 N–H and O–H groups in total. The van der Waals surface area contributed by atoms with Crippen molar-refractivity contribution in [2.24, 2.45) is 0 Å². The zero-order chi connectivity index (χ0) is 18.7. The maximum Gasteiger partial charge on any atom is 0.270 e. The Morgan fingerprint density at radius 1 is 1.23 bits per heavy atom. The number of hydrogen-bond acceptors (Lipinski definition) is 5. The van der Waals surface area contributed by atoms with Gasteiger partial charge in [-0.15, -0.1) is 0 Å². The smallest absolute Gasteiger partial charge is 0.270 e. The fraction of sp³-hybridized carbons (Fsp3) is 0.278. The van der Waals surface area contributed by atoms with Crippen LogP contribution < -0.4 is 10.2 Å². The highest BCUT2D eigenvalue weighted by molar-refractivity contribution is 14.1. The molecule has 1 saturated heterocycles. The van der Waals surface area contributed by atoms with E-state index >= 15 is 0 Å². The van der Waals surface area contributed by atoms with Crippen molar-refractivity contribution in [3.05, 3.63) is 61.2 Å². The van der Waals surface area contributed by atoms with Crippen LogP contribution in [0.15, 0.2) is 36.4 Å². The number of amides is 1. The molecule has 0 unspecified atom stereocenters. The van der Waals surface area contributed by atoms with Gasteiger partial charge >= 0.3 is 0 Å². The summed E-state index contributed by atoms with van der Waals surface area (Å²) in [5.74, 6) is -0.362. The quantitative estimate of drug-likeness (QED) is 0.422. The highest BCUT2D eigenvalue weighted by Crippen LogP contribution is 2.28. The molecule has 0 atom stereocenters. The van der Waals surface area contributed by atoms with Gasteiger partial charge in [0.15, 0.2) is 0 Å². The maximum absolute atomic E-state index is 12.9. The number of nitrogens with zero attached hydrogens (tertiary/aromatic N) is 2. The van der Waals surface area contributed by atoms with Crippen molar-refractivity contribution >= 4 is 45.6 Å². The first kappa shape index (κ1) is 18.6. The second-order valence-corrected chi connectivity index (χ2v) is 7.22. The van der Waals surface area contributed by atoms with Crippen LogP contribution in [0, 0.1) is 20.6 Å². The minimum Gasteiger partial charge on any atom is -0.378 e. The molecule has 1 fully saturated rings. The van der Waals surface area contributed by atoms with Gasteiger partial charge in [0.2, 0.25) is 0 Å². The second-order valence-electron chi connectivity index (χ2n) is 5.97. The highest BCUT2D eigenvalue weighted by atomic mass is 127. The number of rotatable bonds is 4. The third-order valence-corrected chi connectivity index (χ3v) is 4.89. The van der Waals surface area contributed by atoms with E-state index in [1.165, 1.54) is 12.1 Å². The number of carbonyl (C=O) groups excluding carboxylic acids is 1. The number of carbonyl (C=O) groups is 1. The summed E-state index contributed by atoms with van der Waals surface area (Å²) in [6.07, 6.45) is 0. The van der Waals surface area contributed by atoms with Crippen LogP contribution in [0.5, 0.6) is 0 Å². The lowest BCUT2D eigenvalue weighted by molar-refractivity contribution is -0.384. The molecule has 0 spiro atoms. The van der Waals surface area contributed by atoms with E-state index in [9.17, 15) is 14.9 Å². The molecular weight excluding hydrogens is 449 g/mol. The third kappa shape index (κ3) is 4.13. The average molecular weight is 467 g/mol. The molecule has 8 heteroatoms. The first-order valence-corrected chi connectivity index (χ1v) is 9.22. The summed E-state index contributed by atoms with van der Waals surface area (Å²) >= 11 is 2.21. The van der Waals surface area contributed by atoms with E-state index in [2.05, 4.69) is 27.9 Å². The van der Waals surface area contributed by atoms with E-state index in [-0.39, 0.29) is 11.6 Å². The van der Waals surface area contributed by atoms with E-state index < -0.39 is 4.92 Å². The van der Waals surface area contributed by atoms with E-state index in [1.807, 2.05) is 30.0 Å². The average Bonchev–Trinajstić information content (AvgIpc) is 2.64. The molecule has 1 aliphatic rings. The van der Waals surface area contributed by atoms with Crippen LogP contribution in [0.4, 0.5) is 17.1 Å². The summed E-state index contributed by atoms with van der Waals surface area (Å²) in [5.41, 5.74) is 2.49. The lowest BCUT2D eigenvalue weighted by Gasteiger charge is -2.30. The second kappa shape index (κ2) is 8.00. The van der Waals surface area contributed by atoms with Gasteiger partial charge in [0.1, 0.15) is 0 Å². The highest BCUT2D eigenvalue weighted by Gasteiger charge is 2.22. The first-order chi connectivity index (χ1) is 12.5. The predicted molar refractivity (Wildman–Crippen MR) is 108 cm³/mol. The Morgan fingerprint density at radius 2 is 1.96 bits per heavy atom. The van der Waals surface area contributed by atoms with Crippen LogP contribution in [0.25, 0.3) is 0 Å². The number of benzene rings is 2. The normalized spacial score (nSPS) is 14.2. The Hall–Kier alpha value is -2.20. The van der Waals surface area contributed by atoms with Gasteiger partial charge in [0.25, 0.3) is 11.6 Å². The standard InChI is InChI=1S/C18H18IN3O4/c1-12-10-13(19)2-4-16(12)20-18(23)15-11-14(22(24)25)3-5-17(15)21-6-8-26-9-7-21/h2-5,10-11H,6-9H2,1H3,(H,20,23). The van der Waals surface area contributed by atoms with Gasteiger partial charge in [-0.25, -0.2) is 0 Å². The summed E-state index contributed by atoms with van der Waals surface area (Å²) in [6, 6.07) is 10.1. The molecule has 0 aromatic heterocycles. The van der Waals surface area contributed by atoms with Gasteiger partial charge in [-0.1, -0.05) is 0 Å². The fourth-order valence-electron chi connectivity index (χ4n) is 2.86. The van der Waals surface area contributed by atoms with Gasteiger partial charge in [-0.05, 0) is 59.3 Å². The zero-order valence-electron chi connectivity index (χ0n) is 14.2. The van der Waals surface area contributed by atoms with Crippen LogP contribution in [-0.4, -0.2) is 37.1 Å². The van der Waals surface area contributed by atoms with Crippen LogP contribution >= 0.6 is 22.6 Å². The van der Waals surface area contributed by atoms with Gasteiger partial charge in [0.05, 0.1) is 29.4 Å². The number of nitro benzene ring substituents is 1. The number of morpholine rings is 1. The number of ether oxygens (including phenoxy) is 1. The molecule has 1 heterocycles. The maximum atomic E-state index is 12.9. The predicted octanol–water partition coefficient (Wildman–Crippen LogP) is 3.60. The van der Waals surface area contributed by atoms with Crippen molar-refractivity contribution in [1.82, 2.24) is 0 Å². The molecule has 7 nitrogen and oxygen atoms in total. The number of nitrogens with one attached hydrogen (secondary N) is 1. The topological polar surface area (TPSA) is 84.7 Å². The van der Waals surface area contributed by atoms with Gasteiger partial charge in [0, 0.05) is 34.5 Å². The summed E-state index contributed by atoms with van der Waals surface area (Å²) in [7, 11) is 0. The number of halogens is 1. The summed E-state index contributed by atoms with van der Waals surface area (Å²) in [5, 5.41) is 14.0. The van der Waals surface area contributed by atoms with Crippen molar-refractivity contribution in [3.8, 4) is 0 Å². The Kier molecular flexibility index (Phi) is 5.72. The van der Waals surface area contributed by atoms with Crippen molar-refractivity contribution in [3.63, 3.8) is 0 Å². The SMILES string of the molecule is Cc1cc(I)ccc1NC(=O)c1cc([N+](=O)[O-])ccc1N1CCOCC1. The number of non-ortho nitro benzene ring substituents is 1. The zero-order valence-corrected chi connectivity index (χ0v) is 16.4. The van der Waals surface area contributed by atoms with Gasteiger partial charge < -0.3 is 15.0 Å². The molecule has 0 aliphatic carbocycles. The Morgan fingerprint density at radius 3 is 2.62 bits per heavy atom. The van der Waals surface area contributed by atoms with E-state index in [1.54, 1.807) is 6.07 Å². The van der Waals surface area contributed by atoms with E-state index in [0.717, 1.165) is 9.13 Å². The molecule has 2 aromatic rings. The molecule has 3 rings (SSSR count). The van der Waals surface area contributed by atoms with Crippen molar-refractivity contribution in [1.29, 1.82) is 0 Å². The fourth-order valence-corrected chi connectivity index (χ4v) is 3.50. The van der Waals surface area contributed by atoms with E-state index in [4.69, 9.17) is 4.74 Å². The first-order valence-electron chi connectivity index (χ1n) is 8.14. The molecule has 0 bridgehead atoms. The lowest BCUT2D eigenvalue weighted by Crippen LogP contribution is -2.37. The third-order valence-electron chi connectivity index (χ3n) is 4.22. The number of nitro groups is 1. The number of hydrogen-bond donors (Lipinski definition) is 1. The Labute approximate surface area is 164 Å². The molecule has 1 amide bonds. The molecule has 2 aromatic carbocycles. The molecule has 136 valence electrons. The van der Waals surface area contributed by atoms with Crippen LogP contribution in [0.2, 0.25) is 0 Å². The minimum absolute atomic E-state index is 0.105. The molecule has 0 radical (unpaired) electrons. The van der Waals surface area contributed by atoms with Crippen LogP contribution in [-0.2, 0) is 4.74 Å². The van der Waals surface area contributed by atoms with Crippen LogP contribution in [0.3, 0.4) is 0 Å². The largest absolute Gasteiger partial charge is 0.378 e. The number of anilines is 2. The number of aryl methyl sites for hydroxylation is 1. The summed E-state index contributed by atoms with van der Waals surface area (Å²) < 4.78 is 6.43. The van der Waals surface area contributed by atoms with Crippen molar-refractivity contribution in [2.45, 2.75) is 6.92 Å². The van der Waals surface area contributed by atoms with Gasteiger partial charge in [-0.2, -0.15) is 0 Å². The van der Waals surface area contributed by atoms with E-state index in [0.29, 0.717) is 43.2 Å². The van der Waals surface area contributed by atoms with Crippen LogP contribution in [0.1, 0.15) is 15.9 Å². The summed E-state index contributed by atoms with van der Waals surface area (Å²) in [6.45, 7) is 4.32. The Balaban J connectivity index is 1.95. The van der Waals surface area contributed by atoms with Crippen molar-refractivity contribution < 1.29 is 14.5 Å². The summed E-state index contributed by atoms with van der Waals surface area (Å²) in [4.78, 5) is 25.6. The molecular formula is C18H18IN3O4.